The van der Waals surface area contributed by atoms with Gasteiger partial charge in [0.15, 0.2) is 5.16 Å². The Morgan fingerprint density at radius 2 is 1.71 bits per heavy atom. The summed E-state index contributed by atoms with van der Waals surface area (Å²) in [6, 6.07) is 12.4. The van der Waals surface area contributed by atoms with Crippen molar-refractivity contribution in [2.75, 3.05) is 5.75 Å². The van der Waals surface area contributed by atoms with Crippen molar-refractivity contribution >= 4 is 34.6 Å². The first-order chi connectivity index (χ1) is 14.5. The number of carbonyl (C=O) groups excluding carboxylic acids is 2. The topological polar surface area (TPSA) is 93.1 Å². The molecule has 0 aliphatic carbocycles. The van der Waals surface area contributed by atoms with Crippen LogP contribution in [0.3, 0.4) is 0 Å². The Hall–Kier alpha value is -3.13. The normalized spacial score (nSPS) is 11.4. The van der Waals surface area contributed by atoms with Crippen molar-refractivity contribution < 1.29 is 9.59 Å². The fourth-order valence-electron chi connectivity index (χ4n) is 3.18. The molecule has 3 aromatic rings. The van der Waals surface area contributed by atoms with Crippen LogP contribution in [0.5, 0.6) is 0 Å². The fraction of sp³-hybridized carbons (Fsp3) is 0.304. The third-order valence-corrected chi connectivity index (χ3v) is 5.22. The molecular weight excluding hydrogens is 412 g/mol. The molecular formula is C23H26N4O3S. The molecule has 2 aromatic carbocycles. The Morgan fingerprint density at radius 3 is 2.35 bits per heavy atom. The lowest BCUT2D eigenvalue weighted by atomic mass is 10.1. The maximum Gasteiger partial charge on any atom is 0.321 e. The van der Waals surface area contributed by atoms with Gasteiger partial charge in [-0.15, -0.1) is 0 Å². The first kappa shape index (κ1) is 22.6. The Morgan fingerprint density at radius 1 is 1.06 bits per heavy atom. The number of nitrogens with one attached hydrogen (secondary N) is 2. The number of fused-ring (bicyclic) bond motifs is 1. The van der Waals surface area contributed by atoms with E-state index in [4.69, 9.17) is 0 Å². The Kier molecular flexibility index (Phi) is 6.50. The van der Waals surface area contributed by atoms with E-state index in [1.54, 1.807) is 18.2 Å². The molecule has 0 spiro atoms. The molecule has 1 aromatic heterocycles. The summed E-state index contributed by atoms with van der Waals surface area (Å²) in [5, 5.41) is 5.88. The standard InChI is InChI=1S/C23H26N4O3S/c1-14-10-15(2)12-16(11-14)27-20(29)17-8-6-7-9-18(17)24-22(27)31-13-19(28)25-21(30)26-23(3,4)5/h6-12H,13H2,1-5H3,(H2,25,26,28,30). The third-order valence-electron chi connectivity index (χ3n) is 4.28. The van der Waals surface area contributed by atoms with Crippen LogP contribution in [0.2, 0.25) is 0 Å². The van der Waals surface area contributed by atoms with Gasteiger partial charge in [-0.3, -0.25) is 19.5 Å². The molecule has 0 aliphatic heterocycles. The smallest absolute Gasteiger partial charge is 0.321 e. The first-order valence-electron chi connectivity index (χ1n) is 9.89. The van der Waals surface area contributed by atoms with Gasteiger partial charge < -0.3 is 5.32 Å². The van der Waals surface area contributed by atoms with Crippen molar-refractivity contribution in [3.05, 3.63) is 63.9 Å². The molecule has 3 amide bonds. The highest BCUT2D eigenvalue weighted by Crippen LogP contribution is 2.22. The number of thioether (sulfide) groups is 1. The van der Waals surface area contributed by atoms with Gasteiger partial charge in [0.05, 0.1) is 22.3 Å². The van der Waals surface area contributed by atoms with Crippen LogP contribution in [-0.4, -0.2) is 32.8 Å². The van der Waals surface area contributed by atoms with Crippen LogP contribution >= 0.6 is 11.8 Å². The average Bonchev–Trinajstić information content (AvgIpc) is 2.64. The summed E-state index contributed by atoms with van der Waals surface area (Å²) in [4.78, 5) is 42.2. The quantitative estimate of drug-likeness (QED) is 0.478. The summed E-state index contributed by atoms with van der Waals surface area (Å²) in [5.74, 6) is -0.534. The van der Waals surface area contributed by atoms with Gasteiger partial charge in [0.2, 0.25) is 5.91 Å². The number of benzene rings is 2. The van der Waals surface area contributed by atoms with Crippen molar-refractivity contribution in [2.45, 2.75) is 45.3 Å². The van der Waals surface area contributed by atoms with E-state index in [9.17, 15) is 14.4 Å². The number of aromatic nitrogens is 2. The largest absolute Gasteiger partial charge is 0.333 e. The summed E-state index contributed by atoms with van der Waals surface area (Å²) < 4.78 is 1.52. The molecule has 2 N–H and O–H groups in total. The van der Waals surface area contributed by atoms with Crippen molar-refractivity contribution in [1.82, 2.24) is 20.2 Å². The molecule has 162 valence electrons. The number of hydrogen-bond donors (Lipinski definition) is 2. The van der Waals surface area contributed by atoms with Crippen LogP contribution in [0, 0.1) is 13.8 Å². The SMILES string of the molecule is Cc1cc(C)cc(-n2c(SCC(=O)NC(=O)NC(C)(C)C)nc3ccccc3c2=O)c1. The van der Waals surface area contributed by atoms with E-state index >= 15 is 0 Å². The number of aryl methyl sites for hydroxylation is 2. The summed E-state index contributed by atoms with van der Waals surface area (Å²) in [6.07, 6.45) is 0. The predicted octanol–water partition coefficient (Wildman–Crippen LogP) is 3.72. The zero-order valence-electron chi connectivity index (χ0n) is 18.3. The molecule has 0 bridgehead atoms. The number of amides is 3. The van der Waals surface area contributed by atoms with Gasteiger partial charge in [0.25, 0.3) is 5.56 Å². The zero-order valence-corrected chi connectivity index (χ0v) is 19.1. The third kappa shape index (κ3) is 5.73. The predicted molar refractivity (Wildman–Crippen MR) is 124 cm³/mol. The molecule has 3 rings (SSSR count). The van der Waals surface area contributed by atoms with Crippen LogP contribution in [-0.2, 0) is 4.79 Å². The van der Waals surface area contributed by atoms with Crippen LogP contribution in [0.4, 0.5) is 4.79 Å². The van der Waals surface area contributed by atoms with E-state index in [0.29, 0.717) is 21.7 Å². The molecule has 8 heteroatoms. The lowest BCUT2D eigenvalue weighted by Crippen LogP contribution is -2.48. The lowest BCUT2D eigenvalue weighted by molar-refractivity contribution is -0.117. The second-order valence-electron chi connectivity index (χ2n) is 8.44. The number of nitrogens with zero attached hydrogens (tertiary/aromatic N) is 2. The average molecular weight is 439 g/mol. The number of para-hydroxylation sites is 1. The van der Waals surface area contributed by atoms with Gasteiger partial charge in [-0.2, -0.15) is 0 Å². The van der Waals surface area contributed by atoms with Crippen molar-refractivity contribution in [3.63, 3.8) is 0 Å². The summed E-state index contributed by atoms with van der Waals surface area (Å²) in [6.45, 7) is 9.40. The number of urea groups is 1. The molecule has 0 radical (unpaired) electrons. The Balaban J connectivity index is 1.95. The van der Waals surface area contributed by atoms with Gasteiger partial charge in [0.1, 0.15) is 0 Å². The van der Waals surface area contributed by atoms with E-state index in [0.717, 1.165) is 22.9 Å². The number of rotatable bonds is 4. The van der Waals surface area contributed by atoms with Crippen LogP contribution in [0.1, 0.15) is 31.9 Å². The van der Waals surface area contributed by atoms with E-state index in [1.165, 1.54) is 4.57 Å². The molecule has 0 aliphatic rings. The maximum absolute atomic E-state index is 13.3. The van der Waals surface area contributed by atoms with E-state index in [1.807, 2.05) is 58.9 Å². The van der Waals surface area contributed by atoms with E-state index < -0.39 is 17.5 Å². The molecule has 31 heavy (non-hydrogen) atoms. The van der Waals surface area contributed by atoms with Gasteiger partial charge in [-0.25, -0.2) is 9.78 Å². The van der Waals surface area contributed by atoms with Gasteiger partial charge in [-0.1, -0.05) is 30.0 Å². The zero-order chi connectivity index (χ0) is 22.8. The number of carbonyl (C=O) groups is 2. The van der Waals surface area contributed by atoms with Gasteiger partial charge >= 0.3 is 6.03 Å². The summed E-state index contributed by atoms with van der Waals surface area (Å²) >= 11 is 1.11. The second-order valence-corrected chi connectivity index (χ2v) is 9.38. The molecule has 0 atom stereocenters. The van der Waals surface area contributed by atoms with Crippen molar-refractivity contribution in [3.8, 4) is 5.69 Å². The Bertz CT molecular complexity index is 1190. The van der Waals surface area contributed by atoms with E-state index in [-0.39, 0.29) is 11.3 Å². The maximum atomic E-state index is 13.3. The van der Waals surface area contributed by atoms with Crippen LogP contribution in [0.15, 0.2) is 52.4 Å². The minimum atomic E-state index is -0.559. The minimum Gasteiger partial charge on any atom is -0.333 e. The molecule has 0 saturated carbocycles. The monoisotopic (exact) mass is 438 g/mol. The molecule has 0 unspecified atom stereocenters. The molecule has 1 heterocycles. The van der Waals surface area contributed by atoms with Gasteiger partial charge in [-0.05, 0) is 70.0 Å². The van der Waals surface area contributed by atoms with Gasteiger partial charge in [0, 0.05) is 5.54 Å². The highest BCUT2D eigenvalue weighted by atomic mass is 32.2. The van der Waals surface area contributed by atoms with Crippen LogP contribution in [0.25, 0.3) is 16.6 Å². The summed E-state index contributed by atoms with van der Waals surface area (Å²) in [5.41, 5.74) is 2.62. The number of imide groups is 1. The van der Waals surface area contributed by atoms with Crippen molar-refractivity contribution in [1.29, 1.82) is 0 Å². The fourth-order valence-corrected chi connectivity index (χ4v) is 3.99. The van der Waals surface area contributed by atoms with Crippen LogP contribution < -0.4 is 16.2 Å². The molecule has 7 nitrogen and oxygen atoms in total. The lowest BCUT2D eigenvalue weighted by Gasteiger charge is -2.20. The highest BCUT2D eigenvalue weighted by molar-refractivity contribution is 7.99. The molecule has 0 fully saturated rings. The van der Waals surface area contributed by atoms with Crippen molar-refractivity contribution in [2.24, 2.45) is 0 Å². The summed E-state index contributed by atoms with van der Waals surface area (Å²) in [7, 11) is 0. The number of hydrogen-bond acceptors (Lipinski definition) is 5. The first-order valence-corrected chi connectivity index (χ1v) is 10.9. The Labute approximate surface area is 185 Å². The second kappa shape index (κ2) is 8.93. The van der Waals surface area contributed by atoms with E-state index in [2.05, 4.69) is 15.6 Å². The molecule has 0 saturated heterocycles. The highest BCUT2D eigenvalue weighted by Gasteiger charge is 2.18. The minimum absolute atomic E-state index is 0.0624.